The first-order valence-corrected chi connectivity index (χ1v) is 6.44. The van der Waals surface area contributed by atoms with Gasteiger partial charge in [-0.2, -0.15) is 0 Å². The summed E-state index contributed by atoms with van der Waals surface area (Å²) in [4.78, 5) is 11.2. The zero-order chi connectivity index (χ0) is 13.1. The van der Waals surface area contributed by atoms with E-state index in [1.165, 1.54) is 7.11 Å². The lowest BCUT2D eigenvalue weighted by Gasteiger charge is -2.25. The van der Waals surface area contributed by atoms with Gasteiger partial charge in [0.25, 0.3) is 0 Å². The number of methoxy groups -OCH3 is 1. The van der Waals surface area contributed by atoms with E-state index in [4.69, 9.17) is 34.8 Å². The molecule has 0 saturated heterocycles. The Hall–Kier alpha value is -0.160. The van der Waals surface area contributed by atoms with E-state index < -0.39 is 15.9 Å². The molecule has 1 aromatic carbocycles. The van der Waals surface area contributed by atoms with Crippen LogP contribution in [0.1, 0.15) is 11.6 Å². The van der Waals surface area contributed by atoms with Gasteiger partial charge in [0.15, 0.2) is 0 Å². The lowest BCUT2D eigenvalue weighted by Crippen LogP contribution is -2.36. The van der Waals surface area contributed by atoms with Crippen molar-refractivity contribution in [2.45, 2.75) is 9.83 Å². The lowest BCUT2D eigenvalue weighted by molar-refractivity contribution is 0.166. The summed E-state index contributed by atoms with van der Waals surface area (Å²) < 4.78 is 3.71. The Morgan fingerprint density at radius 3 is 2.29 bits per heavy atom. The Balaban J connectivity index is 2.98. The lowest BCUT2D eigenvalue weighted by atomic mass is 10.1. The number of benzene rings is 1. The molecule has 0 fully saturated rings. The molecule has 0 heterocycles. The summed E-state index contributed by atoms with van der Waals surface area (Å²) in [5.74, 6) is 0. The van der Waals surface area contributed by atoms with Crippen molar-refractivity contribution in [3.63, 3.8) is 0 Å². The molecule has 0 aliphatic carbocycles. The number of amides is 1. The van der Waals surface area contributed by atoms with Gasteiger partial charge in [0.05, 0.1) is 7.11 Å². The van der Waals surface area contributed by atoms with E-state index in [-0.39, 0.29) is 0 Å². The Morgan fingerprint density at radius 2 is 1.88 bits per heavy atom. The van der Waals surface area contributed by atoms with Gasteiger partial charge in [0.1, 0.15) is 6.04 Å². The first kappa shape index (κ1) is 14.9. The summed E-state index contributed by atoms with van der Waals surface area (Å²) in [7, 11) is 1.24. The molecule has 1 aromatic rings. The number of hydrogen-bond donors (Lipinski definition) is 1. The quantitative estimate of drug-likeness (QED) is 0.801. The minimum absolute atomic E-state index is 0.663. The third-order valence-corrected chi connectivity index (χ3v) is 3.16. The van der Waals surface area contributed by atoms with Crippen molar-refractivity contribution < 1.29 is 9.53 Å². The van der Waals surface area contributed by atoms with Crippen LogP contribution in [0, 0.1) is 0 Å². The van der Waals surface area contributed by atoms with Gasteiger partial charge in [-0.15, -0.1) is 0 Å². The highest BCUT2D eigenvalue weighted by Crippen LogP contribution is 2.40. The van der Waals surface area contributed by atoms with Crippen LogP contribution < -0.4 is 5.32 Å². The maximum absolute atomic E-state index is 11.2. The summed E-state index contributed by atoms with van der Waals surface area (Å²) in [6, 6.07) is 6.28. The molecule has 0 bridgehead atoms. The summed E-state index contributed by atoms with van der Waals surface area (Å²) in [6.45, 7) is 0. The molecule has 3 nitrogen and oxygen atoms in total. The molecular weight excluding hydrogens is 352 g/mol. The predicted octanol–water partition coefficient (Wildman–Crippen LogP) is 4.22. The average molecular weight is 361 g/mol. The molecule has 1 atom stereocenters. The highest BCUT2D eigenvalue weighted by atomic mass is 79.9. The van der Waals surface area contributed by atoms with E-state index in [0.717, 1.165) is 4.47 Å². The highest BCUT2D eigenvalue weighted by molar-refractivity contribution is 9.10. The summed E-state index contributed by atoms with van der Waals surface area (Å²) in [5, 5.41) is 2.47. The van der Waals surface area contributed by atoms with Gasteiger partial charge in [-0.1, -0.05) is 62.9 Å². The van der Waals surface area contributed by atoms with Crippen LogP contribution in [0.3, 0.4) is 0 Å². The van der Waals surface area contributed by atoms with Crippen molar-refractivity contribution >= 4 is 56.8 Å². The molecule has 0 spiro atoms. The van der Waals surface area contributed by atoms with E-state index in [2.05, 4.69) is 26.0 Å². The molecule has 0 saturated carbocycles. The number of carbonyl (C=O) groups excluding carboxylic acids is 1. The monoisotopic (exact) mass is 359 g/mol. The number of halogens is 4. The highest BCUT2D eigenvalue weighted by Gasteiger charge is 2.35. The number of rotatable bonds is 2. The van der Waals surface area contributed by atoms with Gasteiger partial charge < -0.3 is 10.1 Å². The molecule has 1 amide bonds. The first-order valence-electron chi connectivity index (χ1n) is 4.51. The summed E-state index contributed by atoms with van der Waals surface area (Å²) in [5.41, 5.74) is 0.665. The van der Waals surface area contributed by atoms with Crippen LogP contribution in [0.4, 0.5) is 4.79 Å². The normalized spacial score (nSPS) is 13.0. The van der Waals surface area contributed by atoms with E-state index in [1.807, 2.05) is 0 Å². The van der Waals surface area contributed by atoms with Crippen molar-refractivity contribution in [2.75, 3.05) is 7.11 Å². The molecule has 17 heavy (non-hydrogen) atoms. The second kappa shape index (κ2) is 6.14. The molecule has 0 aliphatic rings. The third-order valence-electron chi connectivity index (χ3n) is 1.98. The molecule has 1 N–H and O–H groups in total. The topological polar surface area (TPSA) is 38.3 Å². The van der Waals surface area contributed by atoms with Gasteiger partial charge in [-0.25, -0.2) is 4.79 Å². The predicted molar refractivity (Wildman–Crippen MR) is 72.7 cm³/mol. The Labute approximate surface area is 122 Å². The maximum Gasteiger partial charge on any atom is 0.407 e. The smallest absolute Gasteiger partial charge is 0.407 e. The Bertz CT molecular complexity index is 392. The van der Waals surface area contributed by atoms with Crippen LogP contribution in [0.5, 0.6) is 0 Å². The van der Waals surface area contributed by atoms with Gasteiger partial charge in [0, 0.05) is 4.47 Å². The second-order valence-electron chi connectivity index (χ2n) is 3.16. The fourth-order valence-electron chi connectivity index (χ4n) is 1.19. The minimum Gasteiger partial charge on any atom is -0.453 e. The number of hydrogen-bond acceptors (Lipinski definition) is 2. The number of alkyl carbamates (subject to hydrolysis) is 1. The van der Waals surface area contributed by atoms with E-state index >= 15 is 0 Å². The van der Waals surface area contributed by atoms with Crippen LogP contribution in [-0.2, 0) is 4.74 Å². The number of ether oxygens (including phenoxy) is 1. The van der Waals surface area contributed by atoms with Gasteiger partial charge >= 0.3 is 6.09 Å². The molecule has 1 rings (SSSR count). The van der Waals surface area contributed by atoms with Crippen LogP contribution in [-0.4, -0.2) is 17.0 Å². The number of nitrogens with one attached hydrogen (secondary N) is 1. The molecule has 0 aliphatic heterocycles. The second-order valence-corrected chi connectivity index (χ2v) is 6.45. The van der Waals surface area contributed by atoms with Crippen LogP contribution in [0.15, 0.2) is 28.7 Å². The molecule has 0 aromatic heterocycles. The van der Waals surface area contributed by atoms with E-state index in [1.54, 1.807) is 24.3 Å². The number of carbonyl (C=O) groups is 1. The molecule has 0 unspecified atom stereocenters. The van der Waals surface area contributed by atoms with Gasteiger partial charge in [-0.05, 0) is 17.7 Å². The SMILES string of the molecule is COC(=O)N[C@@H](c1ccc(Br)cc1)C(Cl)(Cl)Cl. The van der Waals surface area contributed by atoms with Crippen molar-refractivity contribution in [1.82, 2.24) is 5.32 Å². The summed E-state index contributed by atoms with van der Waals surface area (Å²) in [6.07, 6.45) is -0.663. The molecular formula is C10H9BrCl3NO2. The van der Waals surface area contributed by atoms with E-state index in [0.29, 0.717) is 5.56 Å². The van der Waals surface area contributed by atoms with Crippen molar-refractivity contribution in [2.24, 2.45) is 0 Å². The van der Waals surface area contributed by atoms with Crippen LogP contribution >= 0.6 is 50.7 Å². The van der Waals surface area contributed by atoms with Crippen molar-refractivity contribution in [3.05, 3.63) is 34.3 Å². The fraction of sp³-hybridized carbons (Fsp3) is 0.300. The van der Waals surface area contributed by atoms with E-state index in [9.17, 15) is 4.79 Å². The molecule has 94 valence electrons. The van der Waals surface area contributed by atoms with Crippen molar-refractivity contribution in [3.8, 4) is 0 Å². The minimum atomic E-state index is -1.66. The molecule has 0 radical (unpaired) electrons. The van der Waals surface area contributed by atoms with Gasteiger partial charge in [-0.3, -0.25) is 0 Å². The fourth-order valence-corrected chi connectivity index (χ4v) is 1.99. The largest absolute Gasteiger partial charge is 0.453 e. The first-order chi connectivity index (χ1) is 7.84. The van der Waals surface area contributed by atoms with Crippen molar-refractivity contribution in [1.29, 1.82) is 0 Å². The Morgan fingerprint density at radius 1 is 1.35 bits per heavy atom. The number of alkyl halides is 3. The van der Waals surface area contributed by atoms with Crippen LogP contribution in [0.2, 0.25) is 0 Å². The van der Waals surface area contributed by atoms with Crippen LogP contribution in [0.25, 0.3) is 0 Å². The zero-order valence-electron chi connectivity index (χ0n) is 8.72. The zero-order valence-corrected chi connectivity index (χ0v) is 12.6. The standard InChI is InChI=1S/C10H9BrCl3NO2/c1-17-9(16)15-8(10(12,13)14)6-2-4-7(11)5-3-6/h2-5,8H,1H3,(H,15,16)/t8-/m0/s1. The Kier molecular flexibility index (Phi) is 5.38. The molecule has 7 heteroatoms. The maximum atomic E-state index is 11.2. The average Bonchev–Trinajstić information content (AvgIpc) is 2.25. The third kappa shape index (κ3) is 4.54. The van der Waals surface area contributed by atoms with Gasteiger partial charge in [0.2, 0.25) is 3.79 Å². The summed E-state index contributed by atoms with van der Waals surface area (Å²) >= 11 is 20.8.